The summed E-state index contributed by atoms with van der Waals surface area (Å²) in [7, 11) is 0. The maximum absolute atomic E-state index is 5.36. The molecule has 1 aromatic heterocycles. The molecule has 0 spiro atoms. The van der Waals surface area contributed by atoms with Gasteiger partial charge < -0.3 is 10.1 Å². The van der Waals surface area contributed by atoms with Crippen molar-refractivity contribution in [2.24, 2.45) is 0 Å². The molecule has 84 valence electrons. The van der Waals surface area contributed by atoms with Crippen LogP contribution in [0.2, 0.25) is 0 Å². The van der Waals surface area contributed by atoms with Crippen molar-refractivity contribution in [3.05, 3.63) is 30.1 Å². The Kier molecular flexibility index (Phi) is 5.29. The van der Waals surface area contributed by atoms with E-state index in [0.717, 1.165) is 13.2 Å². The van der Waals surface area contributed by atoms with E-state index in [1.165, 1.54) is 5.56 Å². The van der Waals surface area contributed by atoms with Crippen LogP contribution in [-0.4, -0.2) is 24.2 Å². The van der Waals surface area contributed by atoms with Gasteiger partial charge >= 0.3 is 0 Å². The number of hydrogen-bond acceptors (Lipinski definition) is 3. The van der Waals surface area contributed by atoms with Crippen molar-refractivity contribution < 1.29 is 4.74 Å². The highest BCUT2D eigenvalue weighted by atomic mass is 16.5. The topological polar surface area (TPSA) is 34.1 Å². The van der Waals surface area contributed by atoms with Gasteiger partial charge in [0.1, 0.15) is 0 Å². The number of aromatic nitrogens is 1. The summed E-state index contributed by atoms with van der Waals surface area (Å²) in [5, 5.41) is 3.48. The smallest absolute Gasteiger partial charge is 0.0616 e. The Morgan fingerprint density at radius 1 is 1.33 bits per heavy atom. The van der Waals surface area contributed by atoms with Crippen LogP contribution in [0.1, 0.15) is 32.4 Å². The molecule has 1 rings (SSSR count). The summed E-state index contributed by atoms with van der Waals surface area (Å²) >= 11 is 0. The number of ether oxygens (including phenoxy) is 1. The molecule has 1 heterocycles. The van der Waals surface area contributed by atoms with Crippen molar-refractivity contribution in [1.29, 1.82) is 0 Å². The Labute approximate surface area is 91.9 Å². The summed E-state index contributed by atoms with van der Waals surface area (Å²) in [6.07, 6.45) is 3.64. The maximum Gasteiger partial charge on any atom is 0.0616 e. The third kappa shape index (κ3) is 4.40. The molecule has 1 aromatic rings. The fourth-order valence-electron chi connectivity index (χ4n) is 1.52. The molecule has 2 atom stereocenters. The molecule has 0 aromatic carbocycles. The van der Waals surface area contributed by atoms with Gasteiger partial charge in [0, 0.05) is 31.1 Å². The number of nitrogens with zero attached hydrogens (tertiary/aromatic N) is 1. The second-order valence-corrected chi connectivity index (χ2v) is 3.73. The van der Waals surface area contributed by atoms with Gasteiger partial charge in [-0.05, 0) is 38.5 Å². The van der Waals surface area contributed by atoms with Gasteiger partial charge in [-0.1, -0.05) is 0 Å². The van der Waals surface area contributed by atoms with Gasteiger partial charge in [0.25, 0.3) is 0 Å². The van der Waals surface area contributed by atoms with E-state index in [9.17, 15) is 0 Å². The van der Waals surface area contributed by atoms with Gasteiger partial charge in [0.15, 0.2) is 0 Å². The van der Waals surface area contributed by atoms with Gasteiger partial charge in [0.05, 0.1) is 6.61 Å². The first-order valence-electron chi connectivity index (χ1n) is 5.47. The standard InChI is InChI=1S/C12H20N2O/c1-4-15-9-10(2)14-11(3)12-5-7-13-8-6-12/h5-8,10-11,14H,4,9H2,1-3H3/t10?,11-/m0/s1. The second-order valence-electron chi connectivity index (χ2n) is 3.73. The fourth-order valence-corrected chi connectivity index (χ4v) is 1.52. The van der Waals surface area contributed by atoms with Crippen LogP contribution in [0.4, 0.5) is 0 Å². The third-order valence-electron chi connectivity index (χ3n) is 2.31. The fraction of sp³-hybridized carbons (Fsp3) is 0.583. The largest absolute Gasteiger partial charge is 0.380 e. The van der Waals surface area contributed by atoms with Gasteiger partial charge in [0.2, 0.25) is 0 Å². The van der Waals surface area contributed by atoms with E-state index in [0.29, 0.717) is 12.1 Å². The lowest BCUT2D eigenvalue weighted by atomic mass is 10.1. The van der Waals surface area contributed by atoms with Crippen LogP contribution in [0.3, 0.4) is 0 Å². The molecule has 0 aliphatic rings. The van der Waals surface area contributed by atoms with Crippen molar-refractivity contribution in [3.63, 3.8) is 0 Å². The second kappa shape index (κ2) is 6.53. The van der Waals surface area contributed by atoms with Crippen molar-refractivity contribution >= 4 is 0 Å². The zero-order valence-corrected chi connectivity index (χ0v) is 9.73. The van der Waals surface area contributed by atoms with E-state index in [1.54, 1.807) is 0 Å². The lowest BCUT2D eigenvalue weighted by molar-refractivity contribution is 0.124. The highest BCUT2D eigenvalue weighted by Crippen LogP contribution is 2.10. The number of nitrogens with one attached hydrogen (secondary N) is 1. The quantitative estimate of drug-likeness (QED) is 0.778. The average molecular weight is 208 g/mol. The zero-order chi connectivity index (χ0) is 11.1. The molecule has 0 amide bonds. The van der Waals surface area contributed by atoms with Gasteiger partial charge in [-0.2, -0.15) is 0 Å². The van der Waals surface area contributed by atoms with Crippen LogP contribution >= 0.6 is 0 Å². The summed E-state index contributed by atoms with van der Waals surface area (Å²) in [5.74, 6) is 0. The van der Waals surface area contributed by atoms with Crippen molar-refractivity contribution in [2.45, 2.75) is 32.9 Å². The first-order valence-corrected chi connectivity index (χ1v) is 5.47. The summed E-state index contributed by atoms with van der Waals surface area (Å²) in [6.45, 7) is 7.83. The molecular formula is C12H20N2O. The number of pyridine rings is 1. The SMILES string of the molecule is CCOCC(C)N[C@@H](C)c1ccncc1. The third-order valence-corrected chi connectivity index (χ3v) is 2.31. The molecule has 0 aliphatic heterocycles. The van der Waals surface area contributed by atoms with Crippen molar-refractivity contribution in [2.75, 3.05) is 13.2 Å². The Hall–Kier alpha value is -0.930. The Morgan fingerprint density at radius 3 is 2.60 bits per heavy atom. The molecule has 0 saturated heterocycles. The highest BCUT2D eigenvalue weighted by Gasteiger charge is 2.08. The Balaban J connectivity index is 2.38. The first-order chi connectivity index (χ1) is 7.24. The molecular weight excluding hydrogens is 188 g/mol. The number of hydrogen-bond donors (Lipinski definition) is 1. The van der Waals surface area contributed by atoms with Crippen LogP contribution in [0, 0.1) is 0 Å². The van der Waals surface area contributed by atoms with Crippen molar-refractivity contribution in [1.82, 2.24) is 10.3 Å². The minimum atomic E-state index is 0.337. The minimum Gasteiger partial charge on any atom is -0.380 e. The van der Waals surface area contributed by atoms with Crippen molar-refractivity contribution in [3.8, 4) is 0 Å². The molecule has 1 N–H and O–H groups in total. The van der Waals surface area contributed by atoms with E-state index in [4.69, 9.17) is 4.74 Å². The predicted octanol–water partition coefficient (Wildman–Crippen LogP) is 2.16. The summed E-state index contributed by atoms with van der Waals surface area (Å²) in [4.78, 5) is 4.00. The van der Waals surface area contributed by atoms with E-state index in [1.807, 2.05) is 31.5 Å². The molecule has 0 bridgehead atoms. The minimum absolute atomic E-state index is 0.337. The molecule has 1 unspecified atom stereocenters. The molecule has 3 heteroatoms. The molecule has 0 radical (unpaired) electrons. The summed E-state index contributed by atoms with van der Waals surface area (Å²) in [6, 6.07) is 4.77. The Bertz CT molecular complexity index is 264. The molecule has 0 aliphatic carbocycles. The molecule has 0 saturated carbocycles. The number of rotatable bonds is 6. The van der Waals surface area contributed by atoms with Gasteiger partial charge in [-0.25, -0.2) is 0 Å². The maximum atomic E-state index is 5.36. The van der Waals surface area contributed by atoms with Gasteiger partial charge in [-0.15, -0.1) is 0 Å². The normalized spacial score (nSPS) is 14.9. The predicted molar refractivity (Wildman–Crippen MR) is 61.7 cm³/mol. The van der Waals surface area contributed by atoms with Crippen LogP contribution in [-0.2, 0) is 4.74 Å². The molecule has 3 nitrogen and oxygen atoms in total. The Morgan fingerprint density at radius 2 is 2.00 bits per heavy atom. The zero-order valence-electron chi connectivity index (χ0n) is 9.73. The van der Waals surface area contributed by atoms with Crippen LogP contribution < -0.4 is 5.32 Å². The molecule has 0 fully saturated rings. The van der Waals surface area contributed by atoms with E-state index < -0.39 is 0 Å². The first kappa shape index (κ1) is 12.1. The van der Waals surface area contributed by atoms with E-state index in [2.05, 4.69) is 24.1 Å². The highest BCUT2D eigenvalue weighted by molar-refractivity contribution is 5.14. The van der Waals surface area contributed by atoms with Crippen LogP contribution in [0.25, 0.3) is 0 Å². The lowest BCUT2D eigenvalue weighted by Gasteiger charge is -2.19. The van der Waals surface area contributed by atoms with Crippen LogP contribution in [0.15, 0.2) is 24.5 Å². The van der Waals surface area contributed by atoms with E-state index in [-0.39, 0.29) is 0 Å². The van der Waals surface area contributed by atoms with Crippen LogP contribution in [0.5, 0.6) is 0 Å². The average Bonchev–Trinajstić information content (AvgIpc) is 2.27. The monoisotopic (exact) mass is 208 g/mol. The lowest BCUT2D eigenvalue weighted by Crippen LogP contribution is -2.32. The van der Waals surface area contributed by atoms with Gasteiger partial charge in [-0.3, -0.25) is 4.98 Å². The summed E-state index contributed by atoms with van der Waals surface area (Å²) < 4.78 is 5.36. The summed E-state index contributed by atoms with van der Waals surface area (Å²) in [5.41, 5.74) is 1.26. The van der Waals surface area contributed by atoms with E-state index >= 15 is 0 Å². The molecule has 15 heavy (non-hydrogen) atoms.